The zero-order chi connectivity index (χ0) is 11.7. The molecule has 1 aromatic carbocycles. The molecule has 0 aromatic heterocycles. The summed E-state index contributed by atoms with van der Waals surface area (Å²) in [7, 11) is 0. The molecule has 2 heterocycles. The third-order valence-electron chi connectivity index (χ3n) is 3.37. The molecule has 4 heteroatoms. The van der Waals surface area contributed by atoms with Gasteiger partial charge in [-0.15, -0.1) is 0 Å². The number of ether oxygens (including phenoxy) is 1. The number of nitrogens with one attached hydrogen (secondary N) is 1. The predicted molar refractivity (Wildman–Crippen MR) is 65.3 cm³/mol. The molecular weight excluding hydrogens is 216 g/mol. The van der Waals surface area contributed by atoms with E-state index in [0.717, 1.165) is 30.9 Å². The first-order valence-electron chi connectivity index (χ1n) is 6.10. The van der Waals surface area contributed by atoms with Crippen molar-refractivity contribution in [2.75, 3.05) is 24.6 Å². The molecule has 0 aliphatic carbocycles. The molecule has 1 N–H and O–H groups in total. The number of hydrogen-bond acceptors (Lipinski definition) is 3. The summed E-state index contributed by atoms with van der Waals surface area (Å²) < 4.78 is 5.42. The Balaban J connectivity index is 1.84. The van der Waals surface area contributed by atoms with Gasteiger partial charge in [0.25, 0.3) is 5.91 Å². The van der Waals surface area contributed by atoms with E-state index >= 15 is 0 Å². The topological polar surface area (TPSA) is 41.6 Å². The van der Waals surface area contributed by atoms with Gasteiger partial charge in [0.1, 0.15) is 5.75 Å². The van der Waals surface area contributed by atoms with E-state index in [4.69, 9.17) is 4.74 Å². The van der Waals surface area contributed by atoms with Crippen molar-refractivity contribution in [2.24, 2.45) is 0 Å². The molecule has 0 bridgehead atoms. The fourth-order valence-electron chi connectivity index (χ4n) is 2.49. The van der Waals surface area contributed by atoms with Crippen LogP contribution in [0.1, 0.15) is 12.8 Å². The third-order valence-corrected chi connectivity index (χ3v) is 3.37. The van der Waals surface area contributed by atoms with E-state index in [9.17, 15) is 4.79 Å². The first-order chi connectivity index (χ1) is 8.34. The molecule has 17 heavy (non-hydrogen) atoms. The van der Waals surface area contributed by atoms with Crippen molar-refractivity contribution < 1.29 is 9.53 Å². The Morgan fingerprint density at radius 3 is 3.12 bits per heavy atom. The second-order valence-corrected chi connectivity index (χ2v) is 4.55. The van der Waals surface area contributed by atoms with Crippen molar-refractivity contribution in [3.63, 3.8) is 0 Å². The molecule has 4 nitrogen and oxygen atoms in total. The lowest BCUT2D eigenvalue weighted by atomic mass is 10.1. The van der Waals surface area contributed by atoms with E-state index in [-0.39, 0.29) is 12.5 Å². The van der Waals surface area contributed by atoms with Gasteiger partial charge in [0.05, 0.1) is 5.69 Å². The molecule has 1 aromatic rings. The number of carbonyl (C=O) groups is 1. The maximum Gasteiger partial charge on any atom is 0.265 e. The number of fused-ring (bicyclic) bond motifs is 1. The van der Waals surface area contributed by atoms with E-state index in [1.807, 2.05) is 29.2 Å². The first kappa shape index (κ1) is 10.6. The summed E-state index contributed by atoms with van der Waals surface area (Å²) in [6.07, 6.45) is 2.34. The Bertz CT molecular complexity index is 427. The van der Waals surface area contributed by atoms with E-state index in [1.54, 1.807) is 0 Å². The van der Waals surface area contributed by atoms with Crippen molar-refractivity contribution >= 4 is 11.6 Å². The van der Waals surface area contributed by atoms with Gasteiger partial charge in [0, 0.05) is 12.6 Å². The number of anilines is 1. The molecule has 1 fully saturated rings. The van der Waals surface area contributed by atoms with Crippen molar-refractivity contribution in [3.8, 4) is 5.75 Å². The van der Waals surface area contributed by atoms with Crippen molar-refractivity contribution in [3.05, 3.63) is 24.3 Å². The van der Waals surface area contributed by atoms with Crippen LogP contribution in [0.5, 0.6) is 5.75 Å². The summed E-state index contributed by atoms with van der Waals surface area (Å²) in [5.74, 6) is 0.863. The molecule has 2 aliphatic rings. The zero-order valence-electron chi connectivity index (χ0n) is 9.69. The molecule has 1 saturated heterocycles. The van der Waals surface area contributed by atoms with Gasteiger partial charge < -0.3 is 15.0 Å². The Morgan fingerprint density at radius 2 is 2.29 bits per heavy atom. The lowest BCUT2D eigenvalue weighted by Crippen LogP contribution is -2.45. The number of benzene rings is 1. The van der Waals surface area contributed by atoms with Gasteiger partial charge in [-0.3, -0.25) is 4.79 Å². The first-order valence-corrected chi connectivity index (χ1v) is 6.10. The Morgan fingerprint density at radius 1 is 1.41 bits per heavy atom. The standard InChI is InChI=1S/C13H16N2O2/c16-13-9-17-12-6-2-1-5-11(12)15(13)8-10-4-3-7-14-10/h1-2,5-6,10,14H,3-4,7-9H2/t10-/m1/s1. The van der Waals surface area contributed by atoms with Crippen LogP contribution >= 0.6 is 0 Å². The summed E-state index contributed by atoms with van der Waals surface area (Å²) in [5.41, 5.74) is 0.900. The fraction of sp³-hybridized carbons (Fsp3) is 0.462. The number of carbonyl (C=O) groups excluding carboxylic acids is 1. The highest BCUT2D eigenvalue weighted by Gasteiger charge is 2.28. The largest absolute Gasteiger partial charge is 0.482 e. The number of para-hydroxylation sites is 2. The zero-order valence-corrected chi connectivity index (χ0v) is 9.69. The highest BCUT2D eigenvalue weighted by Crippen LogP contribution is 2.31. The number of rotatable bonds is 2. The number of amides is 1. The van der Waals surface area contributed by atoms with Crippen molar-refractivity contribution in [1.82, 2.24) is 5.32 Å². The molecule has 0 saturated carbocycles. The normalized spacial score (nSPS) is 23.4. The summed E-state index contributed by atoms with van der Waals surface area (Å²) in [5, 5.41) is 3.42. The summed E-state index contributed by atoms with van der Waals surface area (Å²) in [4.78, 5) is 13.8. The molecule has 90 valence electrons. The van der Waals surface area contributed by atoms with Crippen LogP contribution in [0.3, 0.4) is 0 Å². The molecular formula is C13H16N2O2. The fourth-order valence-corrected chi connectivity index (χ4v) is 2.49. The third kappa shape index (κ3) is 2.00. The van der Waals surface area contributed by atoms with E-state index < -0.39 is 0 Å². The van der Waals surface area contributed by atoms with Gasteiger partial charge in [-0.25, -0.2) is 0 Å². The molecule has 2 aliphatic heterocycles. The summed E-state index contributed by atoms with van der Waals surface area (Å²) in [6.45, 7) is 1.97. The van der Waals surface area contributed by atoms with Gasteiger partial charge in [-0.05, 0) is 31.5 Å². The maximum absolute atomic E-state index is 11.9. The highest BCUT2D eigenvalue weighted by atomic mass is 16.5. The molecule has 0 radical (unpaired) electrons. The molecule has 1 amide bonds. The summed E-state index contributed by atoms with van der Waals surface area (Å²) >= 11 is 0. The Kier molecular flexibility index (Phi) is 2.73. The van der Waals surface area contributed by atoms with Crippen LogP contribution in [0.4, 0.5) is 5.69 Å². The lowest BCUT2D eigenvalue weighted by molar-refractivity contribution is -0.121. The van der Waals surface area contributed by atoms with Gasteiger partial charge in [-0.1, -0.05) is 12.1 Å². The lowest BCUT2D eigenvalue weighted by Gasteiger charge is -2.31. The molecule has 1 atom stereocenters. The minimum absolute atomic E-state index is 0.0531. The van der Waals surface area contributed by atoms with Crippen LogP contribution in [0, 0.1) is 0 Å². The minimum Gasteiger partial charge on any atom is -0.482 e. The van der Waals surface area contributed by atoms with Crippen LogP contribution in [0.25, 0.3) is 0 Å². The van der Waals surface area contributed by atoms with Gasteiger partial charge in [0.2, 0.25) is 0 Å². The highest BCUT2D eigenvalue weighted by molar-refractivity contribution is 5.97. The van der Waals surface area contributed by atoms with Crippen LogP contribution in [-0.4, -0.2) is 31.6 Å². The average molecular weight is 232 g/mol. The van der Waals surface area contributed by atoms with E-state index in [0.29, 0.717) is 6.04 Å². The van der Waals surface area contributed by atoms with Gasteiger partial charge >= 0.3 is 0 Å². The SMILES string of the molecule is O=C1COc2ccccc2N1C[C@H]1CCCN1. The number of nitrogens with zero attached hydrogens (tertiary/aromatic N) is 1. The van der Waals surface area contributed by atoms with E-state index in [2.05, 4.69) is 5.32 Å². The molecule has 3 rings (SSSR count). The monoisotopic (exact) mass is 232 g/mol. The molecule has 0 unspecified atom stereocenters. The molecule has 0 spiro atoms. The predicted octanol–water partition coefficient (Wildman–Crippen LogP) is 1.16. The van der Waals surface area contributed by atoms with Crippen LogP contribution in [-0.2, 0) is 4.79 Å². The quantitative estimate of drug-likeness (QED) is 0.832. The van der Waals surface area contributed by atoms with Crippen LogP contribution in [0.15, 0.2) is 24.3 Å². The van der Waals surface area contributed by atoms with Gasteiger partial charge in [0.15, 0.2) is 6.61 Å². The van der Waals surface area contributed by atoms with Crippen LogP contribution in [0.2, 0.25) is 0 Å². The Labute approximate surface area is 101 Å². The minimum atomic E-state index is 0.0531. The van der Waals surface area contributed by atoms with Crippen molar-refractivity contribution in [2.45, 2.75) is 18.9 Å². The van der Waals surface area contributed by atoms with Gasteiger partial charge in [-0.2, -0.15) is 0 Å². The second-order valence-electron chi connectivity index (χ2n) is 4.55. The summed E-state index contributed by atoms with van der Waals surface area (Å²) in [6, 6.07) is 8.15. The smallest absolute Gasteiger partial charge is 0.265 e. The van der Waals surface area contributed by atoms with Crippen LogP contribution < -0.4 is 15.0 Å². The maximum atomic E-state index is 11.9. The Hall–Kier alpha value is -1.55. The number of hydrogen-bond donors (Lipinski definition) is 1. The average Bonchev–Trinajstić information content (AvgIpc) is 2.86. The van der Waals surface area contributed by atoms with Crippen molar-refractivity contribution in [1.29, 1.82) is 0 Å². The second kappa shape index (κ2) is 4.37. The van der Waals surface area contributed by atoms with E-state index in [1.165, 1.54) is 6.42 Å².